The van der Waals surface area contributed by atoms with Crippen LogP contribution in [0.25, 0.3) is 11.1 Å². The van der Waals surface area contributed by atoms with Gasteiger partial charge in [0.2, 0.25) is 0 Å². The zero-order chi connectivity index (χ0) is 40.7. The predicted octanol–water partition coefficient (Wildman–Crippen LogP) is 9.76. The molecule has 3 aromatic rings. The van der Waals surface area contributed by atoms with Crippen molar-refractivity contribution in [3.05, 3.63) is 87.7 Å². The number of benzene rings is 3. The molecular formula is C30H25F10NO3. The predicted molar refractivity (Wildman–Crippen MR) is 138 cm³/mol. The molecule has 3 aromatic carbocycles. The van der Waals surface area contributed by atoms with Crippen LogP contribution in [-0.2, 0) is 29.8 Å². The minimum Gasteiger partial charge on any atom is -0.496 e. The Kier molecular flexibility index (Phi) is 5.89. The zero-order valence-corrected chi connectivity index (χ0v) is 22.2. The number of amides is 1. The quantitative estimate of drug-likeness (QED) is 0.251. The maximum Gasteiger partial charge on any atom is 0.416 e. The van der Waals surface area contributed by atoms with E-state index in [1.807, 2.05) is 0 Å². The second-order valence-corrected chi connectivity index (χ2v) is 9.50. The Morgan fingerprint density at radius 2 is 1.52 bits per heavy atom. The lowest BCUT2D eigenvalue weighted by molar-refractivity contribution is -0.143. The summed E-state index contributed by atoms with van der Waals surface area (Å²) < 4.78 is 224. The number of cyclic esters (lactones) is 1. The van der Waals surface area contributed by atoms with Crippen LogP contribution >= 0.6 is 0 Å². The second-order valence-electron chi connectivity index (χ2n) is 9.50. The van der Waals surface area contributed by atoms with Gasteiger partial charge in [0.1, 0.15) is 17.7 Å². The molecule has 238 valence electrons. The molecule has 0 saturated carbocycles. The van der Waals surface area contributed by atoms with Gasteiger partial charge in [-0.05, 0) is 72.0 Å². The number of carbonyl (C=O) groups excluding carboxylic acids is 1. The molecule has 1 heterocycles. The van der Waals surface area contributed by atoms with E-state index in [9.17, 15) is 44.3 Å². The van der Waals surface area contributed by atoms with Crippen LogP contribution < -0.4 is 4.74 Å². The third-order valence-corrected chi connectivity index (χ3v) is 6.65. The van der Waals surface area contributed by atoms with E-state index in [2.05, 4.69) is 0 Å². The lowest BCUT2D eigenvalue weighted by Crippen LogP contribution is -2.32. The molecule has 0 spiro atoms. The minimum atomic E-state index is -5.36. The van der Waals surface area contributed by atoms with Crippen LogP contribution in [-0.4, -0.2) is 24.1 Å². The normalized spacial score (nSPS) is 22.0. The van der Waals surface area contributed by atoms with Crippen LogP contribution in [0.1, 0.15) is 78.3 Å². The number of halogens is 10. The summed E-state index contributed by atoms with van der Waals surface area (Å²) in [5, 5.41) is 0. The third kappa shape index (κ3) is 6.43. The van der Waals surface area contributed by atoms with Crippen LogP contribution in [0.15, 0.2) is 48.5 Å². The van der Waals surface area contributed by atoms with Crippen LogP contribution in [0, 0.1) is 5.82 Å². The lowest BCUT2D eigenvalue weighted by atomic mass is 9.88. The highest BCUT2D eigenvalue weighted by Gasteiger charge is 2.44. The van der Waals surface area contributed by atoms with Gasteiger partial charge in [0.05, 0.1) is 39.1 Å². The molecule has 1 saturated heterocycles. The standard InChI is InChI=1S/C30H25F10NO3/c1-14(2)24-22(31)7-8-23(43-4)25(24)21-6-5-18(28(32,33)34)11-17(21)13-41-15(3)26(44-27(41)42)16-9-19(29(35,36)37)12-20(10-16)30(38,39)40/h5-12,14-15,26H,13H2,1-4H3/t15-,26-/m0/s1/i1D3,2D3,13D2,14D. The van der Waals surface area contributed by atoms with Gasteiger partial charge >= 0.3 is 24.6 Å². The minimum absolute atomic E-state index is 0.0388. The van der Waals surface area contributed by atoms with Gasteiger partial charge in [-0.15, -0.1) is 0 Å². The second kappa shape index (κ2) is 11.5. The molecular weight excluding hydrogens is 612 g/mol. The first-order valence-corrected chi connectivity index (χ1v) is 12.2. The Labute approximate surface area is 257 Å². The van der Waals surface area contributed by atoms with Gasteiger partial charge in [0.15, 0.2) is 0 Å². The fourth-order valence-corrected chi connectivity index (χ4v) is 4.60. The first kappa shape index (κ1) is 22.5. The van der Waals surface area contributed by atoms with E-state index >= 15 is 4.39 Å². The van der Waals surface area contributed by atoms with Crippen LogP contribution in [0.4, 0.5) is 48.7 Å². The molecule has 1 aliphatic heterocycles. The molecule has 0 bridgehead atoms. The number of nitrogens with zero attached hydrogens (tertiary/aromatic N) is 1. The molecule has 1 aliphatic rings. The highest BCUT2D eigenvalue weighted by atomic mass is 19.4. The van der Waals surface area contributed by atoms with Crippen molar-refractivity contribution in [1.29, 1.82) is 0 Å². The van der Waals surface area contributed by atoms with Crippen LogP contribution in [0.5, 0.6) is 5.75 Å². The summed E-state index contributed by atoms with van der Waals surface area (Å²) >= 11 is 0. The fraction of sp³-hybridized carbons (Fsp3) is 0.367. The molecule has 0 aliphatic carbocycles. The summed E-state index contributed by atoms with van der Waals surface area (Å²) in [5.41, 5.74) is -11.0. The molecule has 1 amide bonds. The number of ether oxygens (including phenoxy) is 2. The molecule has 0 unspecified atom stereocenters. The largest absolute Gasteiger partial charge is 0.496 e. The molecule has 0 aromatic heterocycles. The number of alkyl halides is 9. The molecule has 2 atom stereocenters. The van der Waals surface area contributed by atoms with E-state index in [4.69, 9.17) is 21.8 Å². The van der Waals surface area contributed by atoms with E-state index in [1.54, 1.807) is 0 Å². The van der Waals surface area contributed by atoms with E-state index in [0.29, 0.717) is 18.2 Å². The highest BCUT2D eigenvalue weighted by Crippen LogP contribution is 2.45. The Hall–Kier alpha value is -3.97. The van der Waals surface area contributed by atoms with Crippen molar-refractivity contribution >= 4 is 6.09 Å². The highest BCUT2D eigenvalue weighted by molar-refractivity contribution is 5.79. The summed E-state index contributed by atoms with van der Waals surface area (Å²) in [5.74, 6) is -6.29. The van der Waals surface area contributed by atoms with Crippen molar-refractivity contribution in [2.45, 2.75) is 63.7 Å². The van der Waals surface area contributed by atoms with Gasteiger partial charge in [-0.2, -0.15) is 39.5 Å². The molecule has 0 radical (unpaired) electrons. The van der Waals surface area contributed by atoms with Crippen LogP contribution in [0.2, 0.25) is 0 Å². The Balaban J connectivity index is 2.06. The summed E-state index contributed by atoms with van der Waals surface area (Å²) in [7, 11) is 0.879. The Morgan fingerprint density at radius 1 is 0.932 bits per heavy atom. The van der Waals surface area contributed by atoms with Gasteiger partial charge < -0.3 is 9.47 Å². The Bertz CT molecular complexity index is 1860. The average molecular weight is 647 g/mol. The number of hydrogen-bond donors (Lipinski definition) is 0. The molecule has 0 N–H and O–H groups in total. The van der Waals surface area contributed by atoms with Crippen molar-refractivity contribution in [3.63, 3.8) is 0 Å². The number of methoxy groups -OCH3 is 1. The number of hydrogen-bond acceptors (Lipinski definition) is 3. The fourth-order valence-electron chi connectivity index (χ4n) is 4.60. The summed E-state index contributed by atoms with van der Waals surface area (Å²) in [4.78, 5) is 13.3. The van der Waals surface area contributed by atoms with E-state index < -0.39 is 119 Å². The molecule has 1 fully saturated rings. The SMILES string of the molecule is [2H]C([2H])(c1cc(C(F)(F)F)ccc1-c1c(OC)ccc(F)c1C([2H])(C([2H])([2H])[2H])C([2H])([2H])[2H])N1C(=O)O[C@H](c2cc(C(F)(F)F)cc(C(F)(F)F)c2)[C@@H]1C. The first-order valence-electron chi connectivity index (χ1n) is 16.7. The van der Waals surface area contributed by atoms with Crippen molar-refractivity contribution in [3.8, 4) is 16.9 Å². The topological polar surface area (TPSA) is 38.8 Å². The summed E-state index contributed by atoms with van der Waals surface area (Å²) in [6, 6.07) is 0.352. The van der Waals surface area contributed by atoms with Gasteiger partial charge in [-0.25, -0.2) is 9.18 Å². The number of rotatable bonds is 6. The average Bonchev–Trinajstić information content (AvgIpc) is 3.31. The monoisotopic (exact) mass is 646 g/mol. The zero-order valence-electron chi connectivity index (χ0n) is 31.2. The molecule has 14 heteroatoms. The van der Waals surface area contributed by atoms with Crippen molar-refractivity contribution in [1.82, 2.24) is 4.90 Å². The first-order chi connectivity index (χ1) is 23.8. The summed E-state index contributed by atoms with van der Waals surface area (Å²) in [6.45, 7) is -10.6. The van der Waals surface area contributed by atoms with Crippen molar-refractivity contribution < 1.29 is 70.5 Å². The van der Waals surface area contributed by atoms with E-state index in [-0.39, 0.29) is 29.2 Å². The van der Waals surface area contributed by atoms with Gasteiger partial charge in [-0.1, -0.05) is 19.8 Å². The van der Waals surface area contributed by atoms with Crippen molar-refractivity contribution in [2.75, 3.05) is 7.11 Å². The van der Waals surface area contributed by atoms with Gasteiger partial charge in [0.25, 0.3) is 0 Å². The Morgan fingerprint density at radius 3 is 2.05 bits per heavy atom. The molecule has 44 heavy (non-hydrogen) atoms. The van der Waals surface area contributed by atoms with Gasteiger partial charge in [0, 0.05) is 20.7 Å². The van der Waals surface area contributed by atoms with Gasteiger partial charge in [-0.3, -0.25) is 4.90 Å². The van der Waals surface area contributed by atoms with Crippen molar-refractivity contribution in [2.24, 2.45) is 0 Å². The van der Waals surface area contributed by atoms with E-state index in [1.165, 1.54) is 0 Å². The number of carbonyl (C=O) groups is 1. The third-order valence-electron chi connectivity index (χ3n) is 6.65. The maximum atomic E-state index is 15.8. The molecule has 4 rings (SSSR count). The smallest absolute Gasteiger partial charge is 0.416 e. The van der Waals surface area contributed by atoms with Crippen LogP contribution in [0.3, 0.4) is 0 Å². The summed E-state index contributed by atoms with van der Waals surface area (Å²) in [6.07, 6.45) is -19.9. The molecule has 4 nitrogen and oxygen atoms in total. The maximum absolute atomic E-state index is 15.8. The van der Waals surface area contributed by atoms with E-state index in [0.717, 1.165) is 20.1 Å². The lowest BCUT2D eigenvalue weighted by Gasteiger charge is -2.25.